The Balaban J connectivity index is 1.59. The van der Waals surface area contributed by atoms with Gasteiger partial charge in [-0.1, -0.05) is 18.2 Å². The second-order valence-electron chi connectivity index (χ2n) is 10.1. The highest BCUT2D eigenvalue weighted by molar-refractivity contribution is 5.95. The minimum atomic E-state index is -1.96. The lowest BCUT2D eigenvalue weighted by Gasteiger charge is -2.35. The van der Waals surface area contributed by atoms with Crippen molar-refractivity contribution in [2.75, 3.05) is 33.7 Å². The molecule has 1 aliphatic heterocycles. The summed E-state index contributed by atoms with van der Waals surface area (Å²) in [5.74, 6) is -0.739. The van der Waals surface area contributed by atoms with E-state index in [1.165, 1.54) is 0 Å². The van der Waals surface area contributed by atoms with Crippen LogP contribution in [0, 0.1) is 12.8 Å². The van der Waals surface area contributed by atoms with Crippen molar-refractivity contribution < 1.29 is 19.4 Å². The van der Waals surface area contributed by atoms with Crippen LogP contribution < -0.4 is 16.2 Å². The van der Waals surface area contributed by atoms with Gasteiger partial charge in [-0.2, -0.15) is 0 Å². The number of pyridine rings is 1. The number of aliphatic hydroxyl groups is 1. The summed E-state index contributed by atoms with van der Waals surface area (Å²) in [4.78, 5) is 33.1. The molecule has 4 rings (SSSR count). The molecule has 37 heavy (non-hydrogen) atoms. The number of primary amides is 2. The van der Waals surface area contributed by atoms with Gasteiger partial charge in [0, 0.05) is 48.3 Å². The first-order valence-electron chi connectivity index (χ1n) is 12.4. The summed E-state index contributed by atoms with van der Waals surface area (Å²) in [6, 6.07) is 14.7. The van der Waals surface area contributed by atoms with Crippen molar-refractivity contribution in [3.8, 4) is 5.75 Å². The van der Waals surface area contributed by atoms with Crippen LogP contribution in [0.3, 0.4) is 0 Å². The molecule has 0 saturated carbocycles. The lowest BCUT2D eigenvalue weighted by atomic mass is 9.95. The fourth-order valence-electron chi connectivity index (χ4n) is 5.18. The number of likely N-dealkylation sites (tertiary alicyclic amines) is 1. The third-order valence-electron chi connectivity index (χ3n) is 6.93. The monoisotopic (exact) mass is 505 g/mol. The first-order valence-corrected chi connectivity index (χ1v) is 12.4. The number of amides is 2. The number of carbonyl (C=O) groups excluding carboxylic acids is 2. The van der Waals surface area contributed by atoms with Crippen LogP contribution in [-0.4, -0.2) is 71.2 Å². The van der Waals surface area contributed by atoms with E-state index in [0.717, 1.165) is 35.1 Å². The number of carbonyl (C=O) groups is 2. The zero-order chi connectivity index (χ0) is 26.7. The van der Waals surface area contributed by atoms with E-state index < -0.39 is 17.5 Å². The zero-order valence-electron chi connectivity index (χ0n) is 21.6. The molecule has 1 aliphatic rings. The van der Waals surface area contributed by atoms with Gasteiger partial charge in [-0.3, -0.25) is 19.5 Å². The number of aromatic nitrogens is 1. The zero-order valence-corrected chi connectivity index (χ0v) is 21.6. The number of ether oxygens (including phenoxy) is 1. The number of nitrogens with zero attached hydrogens (tertiary/aromatic N) is 3. The van der Waals surface area contributed by atoms with E-state index in [1.807, 2.05) is 51.4 Å². The molecular formula is C28H35N5O4. The van der Waals surface area contributed by atoms with Crippen LogP contribution in [-0.2, 0) is 17.8 Å². The lowest BCUT2D eigenvalue weighted by Crippen LogP contribution is -2.58. The Bertz CT molecular complexity index is 1310. The van der Waals surface area contributed by atoms with Crippen molar-refractivity contribution in [3.63, 3.8) is 0 Å². The molecule has 2 atom stereocenters. The molecule has 0 radical (unpaired) electrons. The number of fused-ring (bicyclic) bond motifs is 1. The summed E-state index contributed by atoms with van der Waals surface area (Å²) >= 11 is 0. The number of hydrogen-bond donors (Lipinski definition) is 3. The van der Waals surface area contributed by atoms with E-state index in [2.05, 4.69) is 9.88 Å². The van der Waals surface area contributed by atoms with E-state index in [9.17, 15) is 14.7 Å². The Hall–Kier alpha value is -3.53. The average molecular weight is 506 g/mol. The molecule has 3 aromatic rings. The molecule has 2 amide bonds. The van der Waals surface area contributed by atoms with Gasteiger partial charge in [-0.15, -0.1) is 0 Å². The van der Waals surface area contributed by atoms with Crippen LogP contribution in [0.15, 0.2) is 48.5 Å². The van der Waals surface area contributed by atoms with Gasteiger partial charge in [0.25, 0.3) is 5.91 Å². The summed E-state index contributed by atoms with van der Waals surface area (Å²) in [6.45, 7) is 4.09. The van der Waals surface area contributed by atoms with Crippen LogP contribution in [0.2, 0.25) is 0 Å². The topological polar surface area (TPSA) is 135 Å². The standard InChI is InChI=1S/C28H35N5O4/c1-18-12-21(23-6-4-5-7-25(23)31-18)17-37-22-8-9-24(26(29)34)20(13-22)14-28(36,27(30)35)33-11-10-19(16-33)15-32(2)3/h4-9,12-13,19,36H,10-11,14-17H2,1-3H3,(H2,29,34)(H2,30,35)/t19?,28-/m0/s1. The maximum Gasteiger partial charge on any atom is 0.265 e. The van der Waals surface area contributed by atoms with Gasteiger partial charge >= 0.3 is 0 Å². The molecule has 9 heteroatoms. The van der Waals surface area contributed by atoms with E-state index in [-0.39, 0.29) is 18.6 Å². The molecule has 1 fully saturated rings. The van der Waals surface area contributed by atoms with E-state index in [1.54, 1.807) is 23.1 Å². The van der Waals surface area contributed by atoms with Gasteiger partial charge in [0.15, 0.2) is 0 Å². The van der Waals surface area contributed by atoms with Crippen LogP contribution in [0.1, 0.15) is 33.6 Å². The van der Waals surface area contributed by atoms with Crippen molar-refractivity contribution >= 4 is 22.7 Å². The maximum absolute atomic E-state index is 12.5. The van der Waals surface area contributed by atoms with Crippen LogP contribution in [0.5, 0.6) is 5.75 Å². The largest absolute Gasteiger partial charge is 0.489 e. The minimum Gasteiger partial charge on any atom is -0.489 e. The Morgan fingerprint density at radius 1 is 1.16 bits per heavy atom. The molecule has 5 N–H and O–H groups in total. The SMILES string of the molecule is Cc1cc(COc2ccc(C(N)=O)c(C[C@](O)(C(N)=O)N3CCC(CN(C)C)C3)c2)c2ccccc2n1. The second-order valence-corrected chi connectivity index (χ2v) is 10.1. The average Bonchev–Trinajstić information content (AvgIpc) is 3.30. The summed E-state index contributed by atoms with van der Waals surface area (Å²) in [6.07, 6.45) is 0.655. The summed E-state index contributed by atoms with van der Waals surface area (Å²) < 4.78 is 6.10. The maximum atomic E-state index is 12.5. The first kappa shape index (κ1) is 26.5. The van der Waals surface area contributed by atoms with Gasteiger partial charge in [0.05, 0.1) is 5.52 Å². The van der Waals surface area contributed by atoms with Gasteiger partial charge in [0.2, 0.25) is 11.6 Å². The van der Waals surface area contributed by atoms with Crippen molar-refractivity contribution in [1.29, 1.82) is 0 Å². The summed E-state index contributed by atoms with van der Waals surface area (Å²) in [5, 5.41) is 12.5. The highest BCUT2D eigenvalue weighted by Crippen LogP contribution is 2.30. The third kappa shape index (κ3) is 5.90. The van der Waals surface area contributed by atoms with Crippen molar-refractivity contribution in [2.45, 2.75) is 32.1 Å². The molecule has 196 valence electrons. The number of benzene rings is 2. The molecule has 0 spiro atoms. The van der Waals surface area contributed by atoms with E-state index in [0.29, 0.717) is 30.3 Å². The highest BCUT2D eigenvalue weighted by atomic mass is 16.5. The molecule has 2 aromatic carbocycles. The number of rotatable bonds is 10. The Kier molecular flexibility index (Phi) is 7.77. The summed E-state index contributed by atoms with van der Waals surface area (Å²) in [7, 11) is 3.98. The molecule has 0 aliphatic carbocycles. The van der Waals surface area contributed by atoms with Gasteiger partial charge in [0.1, 0.15) is 12.4 Å². The molecule has 1 saturated heterocycles. The molecular weight excluding hydrogens is 470 g/mol. The molecule has 1 unspecified atom stereocenters. The molecule has 1 aromatic heterocycles. The predicted molar refractivity (Wildman–Crippen MR) is 142 cm³/mol. The first-order chi connectivity index (χ1) is 17.6. The molecule has 0 bridgehead atoms. The number of hydrogen-bond acceptors (Lipinski definition) is 7. The molecule has 2 heterocycles. The van der Waals surface area contributed by atoms with Crippen LogP contribution >= 0.6 is 0 Å². The quantitative estimate of drug-likeness (QED) is 0.382. The van der Waals surface area contributed by atoms with Crippen molar-refractivity contribution in [2.24, 2.45) is 17.4 Å². The van der Waals surface area contributed by atoms with Crippen LogP contribution in [0.25, 0.3) is 10.9 Å². The van der Waals surface area contributed by atoms with Gasteiger partial charge in [-0.25, -0.2) is 0 Å². The lowest BCUT2D eigenvalue weighted by molar-refractivity contribution is -0.158. The second kappa shape index (κ2) is 10.8. The fraction of sp³-hybridized carbons (Fsp3) is 0.393. The van der Waals surface area contributed by atoms with Crippen molar-refractivity contribution in [3.05, 3.63) is 70.9 Å². The van der Waals surface area contributed by atoms with Crippen molar-refractivity contribution in [1.82, 2.24) is 14.8 Å². The Morgan fingerprint density at radius 3 is 2.62 bits per heavy atom. The Morgan fingerprint density at radius 2 is 1.92 bits per heavy atom. The normalized spacial score (nSPS) is 17.7. The number of nitrogens with two attached hydrogens (primary N) is 2. The predicted octanol–water partition coefficient (Wildman–Crippen LogP) is 1.82. The van der Waals surface area contributed by atoms with Gasteiger partial charge in [-0.05, 0) is 69.3 Å². The smallest absolute Gasteiger partial charge is 0.265 e. The molecule has 9 nitrogen and oxygen atoms in total. The number of para-hydroxylation sites is 1. The van der Waals surface area contributed by atoms with Crippen LogP contribution in [0.4, 0.5) is 0 Å². The highest BCUT2D eigenvalue weighted by Gasteiger charge is 2.44. The van der Waals surface area contributed by atoms with E-state index in [4.69, 9.17) is 16.2 Å². The fourth-order valence-corrected chi connectivity index (χ4v) is 5.18. The number of aryl methyl sites for hydroxylation is 1. The minimum absolute atomic E-state index is 0.177. The Labute approximate surface area is 217 Å². The van der Waals surface area contributed by atoms with E-state index >= 15 is 0 Å². The van der Waals surface area contributed by atoms with Gasteiger partial charge < -0.3 is 26.2 Å². The third-order valence-corrected chi connectivity index (χ3v) is 6.93. The summed E-state index contributed by atoms with van der Waals surface area (Å²) in [5.41, 5.74) is 12.7.